The summed E-state index contributed by atoms with van der Waals surface area (Å²) in [6.45, 7) is 3.29. The quantitative estimate of drug-likeness (QED) is 0.458. The van der Waals surface area contributed by atoms with E-state index in [9.17, 15) is 14.4 Å². The fraction of sp³-hybridized carbons (Fsp3) is 0.240. The molecule has 0 spiro atoms. The Morgan fingerprint density at radius 1 is 0.933 bits per heavy atom. The van der Waals surface area contributed by atoms with Crippen LogP contribution in [0, 0.1) is 0 Å². The van der Waals surface area contributed by atoms with E-state index in [2.05, 4.69) is 5.32 Å². The maximum absolute atomic E-state index is 12.4. The van der Waals surface area contributed by atoms with Gasteiger partial charge in [0.05, 0.1) is 6.42 Å². The van der Waals surface area contributed by atoms with E-state index >= 15 is 0 Å². The standard InChI is InChI=1S/C25H25NO4/c1-3-18-11-13-20(14-12-18)25(29)17(2)30-24(28)16-26-23(27)15-21-9-6-8-19-7-4-5-10-22(19)21/h4-14,17H,3,15-16H2,1-2H3,(H,26,27)/t17-/m0/s1. The van der Waals surface area contributed by atoms with Gasteiger partial charge in [-0.1, -0.05) is 73.7 Å². The van der Waals surface area contributed by atoms with Crippen molar-refractivity contribution in [3.63, 3.8) is 0 Å². The first-order valence-electron chi connectivity index (χ1n) is 10.0. The lowest BCUT2D eigenvalue weighted by Crippen LogP contribution is -2.34. The van der Waals surface area contributed by atoms with Crippen molar-refractivity contribution in [3.8, 4) is 0 Å². The molecule has 5 nitrogen and oxygen atoms in total. The van der Waals surface area contributed by atoms with Gasteiger partial charge in [-0.05, 0) is 35.2 Å². The maximum Gasteiger partial charge on any atom is 0.326 e. The van der Waals surface area contributed by atoms with Crippen molar-refractivity contribution >= 4 is 28.4 Å². The molecule has 3 aromatic carbocycles. The lowest BCUT2D eigenvalue weighted by Gasteiger charge is -2.13. The Hall–Kier alpha value is -3.47. The molecule has 0 fully saturated rings. The number of carbonyl (C=O) groups is 3. The molecular weight excluding hydrogens is 378 g/mol. The van der Waals surface area contributed by atoms with Gasteiger partial charge in [-0.25, -0.2) is 0 Å². The second kappa shape index (κ2) is 9.83. The molecule has 0 aliphatic heterocycles. The van der Waals surface area contributed by atoms with Crippen molar-refractivity contribution in [3.05, 3.63) is 83.4 Å². The minimum atomic E-state index is -0.917. The molecule has 0 saturated carbocycles. The predicted molar refractivity (Wildman–Crippen MR) is 116 cm³/mol. The van der Waals surface area contributed by atoms with E-state index in [1.54, 1.807) is 12.1 Å². The van der Waals surface area contributed by atoms with Crippen LogP contribution in [0.25, 0.3) is 10.8 Å². The van der Waals surface area contributed by atoms with Gasteiger partial charge in [-0.2, -0.15) is 0 Å². The monoisotopic (exact) mass is 403 g/mol. The molecule has 154 valence electrons. The van der Waals surface area contributed by atoms with E-state index in [-0.39, 0.29) is 24.7 Å². The summed E-state index contributed by atoms with van der Waals surface area (Å²) in [5, 5.41) is 4.63. The minimum absolute atomic E-state index is 0.160. The van der Waals surface area contributed by atoms with E-state index in [0.717, 1.165) is 28.3 Å². The molecule has 0 aromatic heterocycles. The summed E-state index contributed by atoms with van der Waals surface area (Å²) in [5.41, 5.74) is 2.51. The summed E-state index contributed by atoms with van der Waals surface area (Å²) in [6.07, 6.45) is 0.129. The number of ketones is 1. The number of rotatable bonds is 8. The van der Waals surface area contributed by atoms with Crippen molar-refractivity contribution in [1.29, 1.82) is 0 Å². The third-order valence-electron chi connectivity index (χ3n) is 4.98. The molecule has 1 amide bonds. The number of hydrogen-bond acceptors (Lipinski definition) is 4. The van der Waals surface area contributed by atoms with Crippen molar-refractivity contribution in [2.45, 2.75) is 32.8 Å². The molecule has 0 radical (unpaired) electrons. The first-order valence-corrected chi connectivity index (χ1v) is 10.0. The van der Waals surface area contributed by atoms with Crippen molar-refractivity contribution in [2.75, 3.05) is 6.54 Å². The van der Waals surface area contributed by atoms with Crippen LogP contribution >= 0.6 is 0 Å². The number of nitrogens with one attached hydrogen (secondary N) is 1. The Bertz CT molecular complexity index is 1050. The van der Waals surface area contributed by atoms with E-state index in [1.165, 1.54) is 6.92 Å². The van der Waals surface area contributed by atoms with Gasteiger partial charge in [0, 0.05) is 5.56 Å². The van der Waals surface area contributed by atoms with Crippen LogP contribution in [0.4, 0.5) is 0 Å². The highest BCUT2D eigenvalue weighted by Crippen LogP contribution is 2.18. The van der Waals surface area contributed by atoms with Crippen LogP contribution in [0.2, 0.25) is 0 Å². The van der Waals surface area contributed by atoms with Crippen molar-refractivity contribution in [1.82, 2.24) is 5.32 Å². The van der Waals surface area contributed by atoms with Gasteiger partial charge in [0.1, 0.15) is 6.54 Å². The fourth-order valence-corrected chi connectivity index (χ4v) is 3.28. The van der Waals surface area contributed by atoms with Gasteiger partial charge in [0.2, 0.25) is 11.7 Å². The Morgan fingerprint density at radius 3 is 2.37 bits per heavy atom. The van der Waals surface area contributed by atoms with Gasteiger partial charge in [-0.3, -0.25) is 14.4 Å². The molecule has 0 aliphatic carbocycles. The number of amides is 1. The third-order valence-corrected chi connectivity index (χ3v) is 4.98. The first-order chi connectivity index (χ1) is 14.5. The van der Waals surface area contributed by atoms with Gasteiger partial charge < -0.3 is 10.1 Å². The fourth-order valence-electron chi connectivity index (χ4n) is 3.28. The van der Waals surface area contributed by atoms with Crippen LogP contribution in [-0.4, -0.2) is 30.3 Å². The minimum Gasteiger partial charge on any atom is -0.453 e. The summed E-state index contributed by atoms with van der Waals surface area (Å²) in [4.78, 5) is 36.8. The molecule has 0 unspecified atom stereocenters. The average Bonchev–Trinajstić information content (AvgIpc) is 2.77. The molecule has 0 aliphatic rings. The number of aryl methyl sites for hydroxylation is 1. The number of Topliss-reactive ketones (excluding diaryl/α,β-unsaturated/α-hetero) is 1. The molecule has 30 heavy (non-hydrogen) atoms. The summed E-state index contributed by atoms with van der Waals surface area (Å²) >= 11 is 0. The molecule has 5 heteroatoms. The normalized spacial score (nSPS) is 11.7. The molecule has 3 aromatic rings. The smallest absolute Gasteiger partial charge is 0.326 e. The lowest BCUT2D eigenvalue weighted by atomic mass is 10.0. The molecule has 1 atom stereocenters. The van der Waals surface area contributed by atoms with Gasteiger partial charge >= 0.3 is 5.97 Å². The molecule has 0 bridgehead atoms. The van der Waals surface area contributed by atoms with Gasteiger partial charge in [-0.15, -0.1) is 0 Å². The number of esters is 1. The zero-order chi connectivity index (χ0) is 21.5. The highest BCUT2D eigenvalue weighted by molar-refractivity contribution is 6.00. The maximum atomic E-state index is 12.4. The van der Waals surface area contributed by atoms with Gasteiger partial charge in [0.15, 0.2) is 6.10 Å². The predicted octanol–water partition coefficient (Wildman–Crippen LogP) is 3.88. The average molecular weight is 403 g/mol. The largest absolute Gasteiger partial charge is 0.453 e. The number of hydrogen-bond donors (Lipinski definition) is 1. The molecule has 0 saturated heterocycles. The zero-order valence-corrected chi connectivity index (χ0v) is 17.2. The highest BCUT2D eigenvalue weighted by Gasteiger charge is 2.20. The first kappa shape index (κ1) is 21.2. The third kappa shape index (κ3) is 5.32. The van der Waals surface area contributed by atoms with E-state index in [1.807, 2.05) is 61.5 Å². The van der Waals surface area contributed by atoms with Crippen LogP contribution in [0.15, 0.2) is 66.7 Å². The zero-order valence-electron chi connectivity index (χ0n) is 17.2. The molecule has 0 heterocycles. The van der Waals surface area contributed by atoms with E-state index in [4.69, 9.17) is 4.74 Å². The molecule has 3 rings (SSSR count). The van der Waals surface area contributed by atoms with Crippen LogP contribution in [0.1, 0.15) is 35.3 Å². The number of fused-ring (bicyclic) bond motifs is 1. The SMILES string of the molecule is CCc1ccc(C(=O)[C@H](C)OC(=O)CNC(=O)Cc2cccc3ccccc23)cc1. The van der Waals surface area contributed by atoms with Crippen LogP contribution in [-0.2, 0) is 27.2 Å². The Labute approximate surface area is 176 Å². The number of ether oxygens (including phenoxy) is 1. The Balaban J connectivity index is 1.50. The van der Waals surface area contributed by atoms with Crippen LogP contribution in [0.3, 0.4) is 0 Å². The van der Waals surface area contributed by atoms with E-state index < -0.39 is 12.1 Å². The second-order valence-electron chi connectivity index (χ2n) is 7.14. The van der Waals surface area contributed by atoms with Crippen LogP contribution < -0.4 is 5.32 Å². The Morgan fingerprint density at radius 2 is 1.63 bits per heavy atom. The number of carbonyl (C=O) groups excluding carboxylic acids is 3. The number of benzene rings is 3. The van der Waals surface area contributed by atoms with Crippen molar-refractivity contribution < 1.29 is 19.1 Å². The lowest BCUT2D eigenvalue weighted by molar-refractivity contribution is -0.146. The van der Waals surface area contributed by atoms with Crippen molar-refractivity contribution in [2.24, 2.45) is 0 Å². The topological polar surface area (TPSA) is 72.5 Å². The van der Waals surface area contributed by atoms with E-state index in [0.29, 0.717) is 5.56 Å². The highest BCUT2D eigenvalue weighted by atomic mass is 16.5. The summed E-state index contributed by atoms with van der Waals surface area (Å²) in [7, 11) is 0. The second-order valence-corrected chi connectivity index (χ2v) is 7.14. The van der Waals surface area contributed by atoms with Crippen LogP contribution in [0.5, 0.6) is 0 Å². The van der Waals surface area contributed by atoms with Gasteiger partial charge in [0.25, 0.3) is 0 Å². The summed E-state index contributed by atoms with van der Waals surface area (Å²) in [5.74, 6) is -1.20. The summed E-state index contributed by atoms with van der Waals surface area (Å²) < 4.78 is 5.19. The molecular formula is C25H25NO4. The summed E-state index contributed by atoms with van der Waals surface area (Å²) in [6, 6.07) is 20.8. The Kier molecular flexibility index (Phi) is 6.96. The molecule has 1 N–H and O–H groups in total.